The highest BCUT2D eigenvalue weighted by molar-refractivity contribution is 7.13. The lowest BCUT2D eigenvalue weighted by Crippen LogP contribution is -2.41. The summed E-state index contributed by atoms with van der Waals surface area (Å²) in [6.45, 7) is 3.87. The van der Waals surface area contributed by atoms with Crippen molar-refractivity contribution in [3.63, 3.8) is 0 Å². The van der Waals surface area contributed by atoms with Crippen LogP contribution >= 0.6 is 11.3 Å². The molecular weight excluding hydrogens is 260 g/mol. The molecule has 1 aromatic heterocycles. The van der Waals surface area contributed by atoms with E-state index in [-0.39, 0.29) is 11.8 Å². The number of carbonyl (C=O) groups is 2. The number of aryl methyl sites for hydroxylation is 2. The van der Waals surface area contributed by atoms with Crippen molar-refractivity contribution < 1.29 is 9.59 Å². The van der Waals surface area contributed by atoms with E-state index in [1.807, 2.05) is 32.0 Å². The maximum atomic E-state index is 11.8. The molecular formula is C14H14N2O2S. The van der Waals surface area contributed by atoms with Crippen LogP contribution in [0.5, 0.6) is 0 Å². The molecule has 2 amide bonds. The van der Waals surface area contributed by atoms with Gasteiger partial charge in [0.2, 0.25) is 0 Å². The van der Waals surface area contributed by atoms with Crippen LogP contribution in [0.25, 0.3) is 0 Å². The highest BCUT2D eigenvalue weighted by Crippen LogP contribution is 2.14. The van der Waals surface area contributed by atoms with Crippen LogP contribution in [0.4, 0.5) is 0 Å². The fourth-order valence-corrected chi connectivity index (χ4v) is 2.27. The van der Waals surface area contributed by atoms with E-state index in [0.29, 0.717) is 10.4 Å². The summed E-state index contributed by atoms with van der Waals surface area (Å²) in [4.78, 5) is 25.1. The number of hydrogen-bond donors (Lipinski definition) is 2. The van der Waals surface area contributed by atoms with E-state index in [9.17, 15) is 9.59 Å². The predicted octanol–water partition coefficient (Wildman–Crippen LogP) is 2.44. The van der Waals surface area contributed by atoms with E-state index in [4.69, 9.17) is 0 Å². The van der Waals surface area contributed by atoms with Crippen LogP contribution in [0.2, 0.25) is 0 Å². The molecule has 0 bridgehead atoms. The quantitative estimate of drug-likeness (QED) is 0.826. The minimum Gasteiger partial charge on any atom is -0.267 e. The van der Waals surface area contributed by atoms with E-state index in [0.717, 1.165) is 10.4 Å². The third kappa shape index (κ3) is 3.42. The molecule has 98 valence electrons. The van der Waals surface area contributed by atoms with Crippen LogP contribution in [-0.4, -0.2) is 11.8 Å². The van der Waals surface area contributed by atoms with E-state index >= 15 is 0 Å². The van der Waals surface area contributed by atoms with Crippen LogP contribution in [0.3, 0.4) is 0 Å². The third-order valence-corrected chi connectivity index (χ3v) is 3.57. The molecule has 0 saturated heterocycles. The minimum atomic E-state index is -0.332. The first kappa shape index (κ1) is 13.3. The van der Waals surface area contributed by atoms with Gasteiger partial charge in [-0.3, -0.25) is 20.4 Å². The first-order valence-electron chi connectivity index (χ1n) is 5.80. The molecule has 0 atom stereocenters. The number of hydrazine groups is 1. The molecule has 0 aliphatic carbocycles. The summed E-state index contributed by atoms with van der Waals surface area (Å²) in [7, 11) is 0. The van der Waals surface area contributed by atoms with E-state index in [2.05, 4.69) is 10.9 Å². The number of thiophene rings is 1. The Balaban J connectivity index is 1.93. The summed E-state index contributed by atoms with van der Waals surface area (Å²) < 4.78 is 0. The van der Waals surface area contributed by atoms with Crippen LogP contribution in [0.1, 0.15) is 30.5 Å². The topological polar surface area (TPSA) is 58.2 Å². The molecule has 0 fully saturated rings. The highest BCUT2D eigenvalue weighted by atomic mass is 32.1. The Morgan fingerprint density at radius 2 is 1.53 bits per heavy atom. The summed E-state index contributed by atoms with van der Waals surface area (Å²) in [5.41, 5.74) is 6.38. The fourth-order valence-electron chi connectivity index (χ4n) is 1.51. The molecule has 19 heavy (non-hydrogen) atoms. The number of carbonyl (C=O) groups excluding carboxylic acids is 2. The molecule has 0 aliphatic heterocycles. The number of benzene rings is 1. The minimum absolute atomic E-state index is 0.307. The maximum absolute atomic E-state index is 11.8. The van der Waals surface area contributed by atoms with Gasteiger partial charge < -0.3 is 0 Å². The van der Waals surface area contributed by atoms with Crippen molar-refractivity contribution in [3.8, 4) is 0 Å². The molecule has 1 aromatic carbocycles. The second kappa shape index (κ2) is 5.67. The lowest BCUT2D eigenvalue weighted by Gasteiger charge is -2.06. The van der Waals surface area contributed by atoms with Crippen LogP contribution < -0.4 is 10.9 Å². The van der Waals surface area contributed by atoms with Gasteiger partial charge >= 0.3 is 0 Å². The van der Waals surface area contributed by atoms with Crippen molar-refractivity contribution in [2.45, 2.75) is 13.8 Å². The summed E-state index contributed by atoms with van der Waals surface area (Å²) in [6.07, 6.45) is 0. The van der Waals surface area contributed by atoms with Gasteiger partial charge in [-0.1, -0.05) is 17.7 Å². The number of rotatable bonds is 2. The predicted molar refractivity (Wildman–Crippen MR) is 75.2 cm³/mol. The van der Waals surface area contributed by atoms with Gasteiger partial charge in [-0.15, -0.1) is 11.3 Å². The first-order chi connectivity index (χ1) is 9.06. The Morgan fingerprint density at radius 3 is 2.11 bits per heavy atom. The Kier molecular flexibility index (Phi) is 3.97. The van der Waals surface area contributed by atoms with E-state index in [1.165, 1.54) is 11.3 Å². The number of nitrogens with one attached hydrogen (secondary N) is 2. The zero-order chi connectivity index (χ0) is 13.8. The standard InChI is InChI=1S/C14H14N2O2S/c1-9-3-6-11(7-4-9)13(17)15-16-14(18)12-8-5-10(2)19-12/h3-8H,1-2H3,(H,15,17)(H,16,18). The van der Waals surface area contributed by atoms with Gasteiger partial charge in [-0.25, -0.2) is 0 Å². The van der Waals surface area contributed by atoms with Gasteiger partial charge in [-0.05, 0) is 38.1 Å². The molecule has 1 heterocycles. The summed E-state index contributed by atoms with van der Waals surface area (Å²) in [5.74, 6) is -0.639. The summed E-state index contributed by atoms with van der Waals surface area (Å²) in [5, 5.41) is 0. The molecule has 2 rings (SSSR count). The van der Waals surface area contributed by atoms with E-state index in [1.54, 1.807) is 18.2 Å². The monoisotopic (exact) mass is 274 g/mol. The second-order valence-electron chi connectivity index (χ2n) is 4.18. The zero-order valence-electron chi connectivity index (χ0n) is 10.7. The van der Waals surface area contributed by atoms with E-state index < -0.39 is 0 Å². The van der Waals surface area contributed by atoms with Crippen LogP contribution in [0.15, 0.2) is 36.4 Å². The van der Waals surface area contributed by atoms with Gasteiger partial charge in [-0.2, -0.15) is 0 Å². The number of hydrogen-bond acceptors (Lipinski definition) is 3. The Morgan fingerprint density at radius 1 is 0.895 bits per heavy atom. The van der Waals surface area contributed by atoms with Crippen molar-refractivity contribution in [2.75, 3.05) is 0 Å². The van der Waals surface area contributed by atoms with Gasteiger partial charge in [0.05, 0.1) is 4.88 Å². The van der Waals surface area contributed by atoms with Crippen molar-refractivity contribution in [1.82, 2.24) is 10.9 Å². The molecule has 4 nitrogen and oxygen atoms in total. The molecule has 0 unspecified atom stereocenters. The third-order valence-electron chi connectivity index (χ3n) is 2.57. The molecule has 0 radical (unpaired) electrons. The second-order valence-corrected chi connectivity index (χ2v) is 5.47. The average molecular weight is 274 g/mol. The highest BCUT2D eigenvalue weighted by Gasteiger charge is 2.10. The molecule has 0 aliphatic rings. The maximum Gasteiger partial charge on any atom is 0.279 e. The lowest BCUT2D eigenvalue weighted by molar-refractivity contribution is 0.0849. The molecule has 2 N–H and O–H groups in total. The molecule has 2 aromatic rings. The van der Waals surface area contributed by atoms with Crippen molar-refractivity contribution in [2.24, 2.45) is 0 Å². The molecule has 0 spiro atoms. The van der Waals surface area contributed by atoms with Crippen LogP contribution in [0, 0.1) is 13.8 Å². The Labute approximate surface area is 115 Å². The largest absolute Gasteiger partial charge is 0.279 e. The summed E-state index contributed by atoms with van der Waals surface area (Å²) >= 11 is 1.38. The molecule has 0 saturated carbocycles. The zero-order valence-corrected chi connectivity index (χ0v) is 11.5. The normalized spacial score (nSPS) is 10.0. The number of amides is 2. The first-order valence-corrected chi connectivity index (χ1v) is 6.62. The Bertz CT molecular complexity index is 602. The molecule has 5 heteroatoms. The van der Waals surface area contributed by atoms with Gasteiger partial charge in [0.1, 0.15) is 0 Å². The average Bonchev–Trinajstić information content (AvgIpc) is 2.83. The SMILES string of the molecule is Cc1ccc(C(=O)NNC(=O)c2ccc(C)s2)cc1. The van der Waals surface area contributed by atoms with Crippen molar-refractivity contribution >= 4 is 23.2 Å². The Hall–Kier alpha value is -2.14. The lowest BCUT2D eigenvalue weighted by atomic mass is 10.1. The fraction of sp³-hybridized carbons (Fsp3) is 0.143. The van der Waals surface area contributed by atoms with Gasteiger partial charge in [0.25, 0.3) is 11.8 Å². The van der Waals surface area contributed by atoms with Crippen molar-refractivity contribution in [3.05, 3.63) is 57.3 Å². The van der Waals surface area contributed by atoms with Gasteiger partial charge in [0, 0.05) is 10.4 Å². The smallest absolute Gasteiger partial charge is 0.267 e. The van der Waals surface area contributed by atoms with Gasteiger partial charge in [0.15, 0.2) is 0 Å². The van der Waals surface area contributed by atoms with Crippen LogP contribution in [-0.2, 0) is 0 Å². The van der Waals surface area contributed by atoms with Crippen molar-refractivity contribution in [1.29, 1.82) is 0 Å². The summed E-state index contributed by atoms with van der Waals surface area (Å²) in [6, 6.07) is 10.7.